The highest BCUT2D eigenvalue weighted by atomic mass is 35.5. The number of nitrogens with two attached hydrogens (primary N) is 1. The lowest BCUT2D eigenvalue weighted by molar-refractivity contribution is 0.303. The summed E-state index contributed by atoms with van der Waals surface area (Å²) in [6.45, 7) is 6.02. The van der Waals surface area contributed by atoms with Gasteiger partial charge < -0.3 is 15.2 Å². The summed E-state index contributed by atoms with van der Waals surface area (Å²) < 4.78 is 11.4. The zero-order valence-corrected chi connectivity index (χ0v) is 14.5. The fourth-order valence-corrected chi connectivity index (χ4v) is 2.39. The molecule has 0 aliphatic rings. The molecule has 0 saturated heterocycles. The predicted molar refractivity (Wildman–Crippen MR) is 95.5 cm³/mol. The molecule has 0 saturated carbocycles. The van der Waals surface area contributed by atoms with Crippen molar-refractivity contribution < 1.29 is 9.47 Å². The fraction of sp³-hybridized carbons (Fsp3) is 0.368. The van der Waals surface area contributed by atoms with Gasteiger partial charge in [-0.3, -0.25) is 0 Å². The highest BCUT2D eigenvalue weighted by molar-refractivity contribution is 6.32. The van der Waals surface area contributed by atoms with Crippen LogP contribution in [0.25, 0.3) is 0 Å². The van der Waals surface area contributed by atoms with E-state index in [1.165, 1.54) is 5.56 Å². The lowest BCUT2D eigenvalue weighted by atomic mass is 10.0. The molecule has 0 atom stereocenters. The van der Waals surface area contributed by atoms with Crippen molar-refractivity contribution in [2.45, 2.75) is 32.8 Å². The number of ether oxygens (including phenoxy) is 2. The van der Waals surface area contributed by atoms with Gasteiger partial charge in [0.1, 0.15) is 18.1 Å². The molecule has 4 heteroatoms. The zero-order chi connectivity index (χ0) is 16.7. The van der Waals surface area contributed by atoms with Gasteiger partial charge in [-0.2, -0.15) is 0 Å². The van der Waals surface area contributed by atoms with E-state index in [0.717, 1.165) is 17.7 Å². The van der Waals surface area contributed by atoms with E-state index in [4.69, 9.17) is 26.8 Å². The van der Waals surface area contributed by atoms with Crippen LogP contribution < -0.4 is 15.2 Å². The Morgan fingerprint density at radius 1 is 1.04 bits per heavy atom. The van der Waals surface area contributed by atoms with E-state index >= 15 is 0 Å². The van der Waals surface area contributed by atoms with Crippen molar-refractivity contribution in [2.24, 2.45) is 5.73 Å². The summed E-state index contributed by atoms with van der Waals surface area (Å²) >= 11 is 6.23. The van der Waals surface area contributed by atoms with Crippen LogP contribution in [0, 0.1) is 0 Å². The molecule has 0 heterocycles. The van der Waals surface area contributed by atoms with Crippen molar-refractivity contribution in [3.8, 4) is 11.5 Å². The smallest absolute Gasteiger partial charge is 0.137 e. The molecule has 2 N–H and O–H groups in total. The van der Waals surface area contributed by atoms with Crippen LogP contribution in [-0.2, 0) is 6.61 Å². The van der Waals surface area contributed by atoms with Crippen molar-refractivity contribution in [3.63, 3.8) is 0 Å². The minimum absolute atomic E-state index is 0.476. The maximum Gasteiger partial charge on any atom is 0.137 e. The molecule has 0 fully saturated rings. The van der Waals surface area contributed by atoms with E-state index in [2.05, 4.69) is 26.0 Å². The quantitative estimate of drug-likeness (QED) is 0.708. The first-order chi connectivity index (χ1) is 11.1. The zero-order valence-electron chi connectivity index (χ0n) is 13.7. The van der Waals surface area contributed by atoms with Crippen LogP contribution in [0.15, 0.2) is 42.5 Å². The number of rotatable bonds is 8. The Balaban J connectivity index is 1.91. The minimum atomic E-state index is 0.476. The summed E-state index contributed by atoms with van der Waals surface area (Å²) in [6.07, 6.45) is 0.813. The maximum atomic E-state index is 6.23. The van der Waals surface area contributed by atoms with Gasteiger partial charge >= 0.3 is 0 Å². The predicted octanol–water partition coefficient (Wildman–Crippen LogP) is 4.77. The van der Waals surface area contributed by atoms with E-state index in [1.54, 1.807) is 0 Å². The van der Waals surface area contributed by atoms with Crippen molar-refractivity contribution >= 4 is 11.6 Å². The molecule has 3 nitrogen and oxygen atoms in total. The molecule has 2 rings (SSSR count). The van der Waals surface area contributed by atoms with Crippen LogP contribution in [0.4, 0.5) is 0 Å². The fourth-order valence-electron chi connectivity index (χ4n) is 2.13. The van der Waals surface area contributed by atoms with Gasteiger partial charge in [-0.15, -0.1) is 0 Å². The van der Waals surface area contributed by atoms with Crippen LogP contribution in [0.3, 0.4) is 0 Å². The van der Waals surface area contributed by atoms with Crippen LogP contribution >= 0.6 is 11.6 Å². The lowest BCUT2D eigenvalue weighted by Gasteiger charge is -2.11. The summed E-state index contributed by atoms with van der Waals surface area (Å²) in [7, 11) is 0. The van der Waals surface area contributed by atoms with Gasteiger partial charge in [0, 0.05) is 0 Å². The van der Waals surface area contributed by atoms with Gasteiger partial charge in [0.05, 0.1) is 11.6 Å². The first-order valence-electron chi connectivity index (χ1n) is 7.94. The minimum Gasteiger partial charge on any atom is -0.492 e. The van der Waals surface area contributed by atoms with E-state index < -0.39 is 0 Å². The third-order valence-corrected chi connectivity index (χ3v) is 3.85. The average Bonchev–Trinajstić information content (AvgIpc) is 2.55. The normalized spacial score (nSPS) is 10.8. The summed E-state index contributed by atoms with van der Waals surface area (Å²) in [5.74, 6) is 2.06. The second-order valence-corrected chi connectivity index (χ2v) is 6.18. The van der Waals surface area contributed by atoms with Crippen LogP contribution in [0.5, 0.6) is 11.5 Å². The molecule has 0 aromatic heterocycles. The summed E-state index contributed by atoms with van der Waals surface area (Å²) in [5, 5.41) is 0.596. The van der Waals surface area contributed by atoms with E-state index in [9.17, 15) is 0 Å². The average molecular weight is 334 g/mol. The Labute approximate surface area is 143 Å². The van der Waals surface area contributed by atoms with E-state index in [1.807, 2.05) is 30.3 Å². The largest absolute Gasteiger partial charge is 0.492 e. The van der Waals surface area contributed by atoms with Gasteiger partial charge in [-0.05, 0) is 54.3 Å². The van der Waals surface area contributed by atoms with Crippen molar-refractivity contribution in [1.82, 2.24) is 0 Å². The third-order valence-electron chi connectivity index (χ3n) is 3.55. The van der Waals surface area contributed by atoms with Gasteiger partial charge in [-0.25, -0.2) is 0 Å². The second-order valence-electron chi connectivity index (χ2n) is 5.77. The maximum absolute atomic E-state index is 6.23. The molecule has 0 spiro atoms. The molecule has 0 unspecified atom stereocenters. The second kappa shape index (κ2) is 8.80. The lowest BCUT2D eigenvalue weighted by Crippen LogP contribution is -2.06. The molecule has 2 aromatic rings. The molecular weight excluding hydrogens is 310 g/mol. The number of hydrogen-bond acceptors (Lipinski definition) is 3. The molecule has 0 aliphatic heterocycles. The van der Waals surface area contributed by atoms with Crippen molar-refractivity contribution in [2.75, 3.05) is 13.2 Å². The SMILES string of the molecule is CC(C)c1ccc(OCc2ccc(OCCCN)c(Cl)c2)cc1. The highest BCUT2D eigenvalue weighted by Crippen LogP contribution is 2.26. The Morgan fingerprint density at radius 2 is 1.78 bits per heavy atom. The molecular formula is C19H24ClNO2. The topological polar surface area (TPSA) is 44.5 Å². The van der Waals surface area contributed by atoms with Crippen molar-refractivity contribution in [1.29, 1.82) is 0 Å². The van der Waals surface area contributed by atoms with Crippen LogP contribution in [-0.4, -0.2) is 13.2 Å². The third kappa shape index (κ3) is 5.45. The van der Waals surface area contributed by atoms with Gasteiger partial charge in [0.2, 0.25) is 0 Å². The summed E-state index contributed by atoms with van der Waals surface area (Å²) in [6, 6.07) is 13.9. The highest BCUT2D eigenvalue weighted by Gasteiger charge is 2.05. The standard InChI is InChI=1S/C19H24ClNO2/c1-14(2)16-5-7-17(8-6-16)23-13-15-4-9-19(18(20)12-15)22-11-3-10-21/h4-9,12,14H,3,10-11,13,21H2,1-2H3. The Bertz CT molecular complexity index is 611. The molecule has 2 aromatic carbocycles. The molecule has 0 radical (unpaired) electrons. The number of benzene rings is 2. The van der Waals surface area contributed by atoms with E-state index in [-0.39, 0.29) is 0 Å². The Hall–Kier alpha value is -1.71. The van der Waals surface area contributed by atoms with Crippen LogP contribution in [0.2, 0.25) is 5.02 Å². The van der Waals surface area contributed by atoms with Crippen LogP contribution in [0.1, 0.15) is 37.3 Å². The first kappa shape index (κ1) is 17.6. The molecule has 124 valence electrons. The first-order valence-corrected chi connectivity index (χ1v) is 8.32. The summed E-state index contributed by atoms with van der Waals surface area (Å²) in [5.41, 5.74) is 7.76. The Kier molecular flexibility index (Phi) is 6.75. The molecule has 0 aliphatic carbocycles. The number of hydrogen-bond donors (Lipinski definition) is 1. The number of halogens is 1. The van der Waals surface area contributed by atoms with E-state index in [0.29, 0.717) is 36.4 Å². The summed E-state index contributed by atoms with van der Waals surface area (Å²) in [4.78, 5) is 0. The Morgan fingerprint density at radius 3 is 2.39 bits per heavy atom. The van der Waals surface area contributed by atoms with Gasteiger partial charge in [-0.1, -0.05) is 43.6 Å². The monoisotopic (exact) mass is 333 g/mol. The van der Waals surface area contributed by atoms with Crippen molar-refractivity contribution in [3.05, 3.63) is 58.6 Å². The van der Waals surface area contributed by atoms with Gasteiger partial charge in [0.25, 0.3) is 0 Å². The molecule has 0 bridgehead atoms. The molecule has 0 amide bonds. The van der Waals surface area contributed by atoms with Gasteiger partial charge in [0.15, 0.2) is 0 Å². The molecule has 23 heavy (non-hydrogen) atoms.